The maximum atomic E-state index is 13.7. The second kappa shape index (κ2) is 8.04. The van der Waals surface area contributed by atoms with Gasteiger partial charge >= 0.3 is 12.3 Å². The molecule has 0 radical (unpaired) electrons. The van der Waals surface area contributed by atoms with Gasteiger partial charge in [-0.2, -0.15) is 0 Å². The Morgan fingerprint density at radius 2 is 1.90 bits per heavy atom. The molecule has 0 aliphatic heterocycles. The van der Waals surface area contributed by atoms with Crippen LogP contribution in [0.2, 0.25) is 0 Å². The monoisotopic (exact) mass is 331 g/mol. The van der Waals surface area contributed by atoms with Gasteiger partial charge in [0.1, 0.15) is 5.75 Å². The molecule has 0 saturated carbocycles. The Balaban J connectivity index is 0.00000400. The Labute approximate surface area is 124 Å². The summed E-state index contributed by atoms with van der Waals surface area (Å²) >= 11 is 0. The van der Waals surface area contributed by atoms with Crippen LogP contribution in [0.4, 0.5) is 17.6 Å². The number of para-hydroxylation sites is 1. The fraction of sp³-hybridized carbons (Fsp3) is 0.417. The summed E-state index contributed by atoms with van der Waals surface area (Å²) in [5.74, 6) is -1.89. The Kier molecular flexibility index (Phi) is 7.45. The number of halogens is 5. The third-order valence-electron chi connectivity index (χ3n) is 2.33. The van der Waals surface area contributed by atoms with Gasteiger partial charge in [-0.15, -0.1) is 25.6 Å². The van der Waals surface area contributed by atoms with E-state index in [4.69, 9.17) is 5.73 Å². The predicted molar refractivity (Wildman–Crippen MR) is 68.8 cm³/mol. The van der Waals surface area contributed by atoms with Crippen LogP contribution in [0.15, 0.2) is 24.3 Å². The van der Waals surface area contributed by atoms with Gasteiger partial charge in [0.25, 0.3) is 0 Å². The van der Waals surface area contributed by atoms with E-state index in [1.54, 1.807) is 0 Å². The van der Waals surface area contributed by atoms with E-state index in [0.717, 1.165) is 12.1 Å². The van der Waals surface area contributed by atoms with Crippen molar-refractivity contribution in [3.8, 4) is 5.75 Å². The lowest BCUT2D eigenvalue weighted by atomic mass is 10.0. The van der Waals surface area contributed by atoms with E-state index >= 15 is 0 Å². The van der Waals surface area contributed by atoms with E-state index in [-0.39, 0.29) is 24.6 Å². The van der Waals surface area contributed by atoms with E-state index in [2.05, 4.69) is 9.47 Å². The molecule has 0 bridgehead atoms. The molecule has 120 valence electrons. The molecule has 0 aliphatic rings. The molecule has 0 saturated heterocycles. The Bertz CT molecular complexity index is 470. The number of hydrogen-bond donors (Lipinski definition) is 1. The van der Waals surface area contributed by atoms with Crippen molar-refractivity contribution in [3.05, 3.63) is 29.8 Å². The predicted octanol–water partition coefficient (Wildman–Crippen LogP) is 2.91. The number of carbonyl (C=O) groups is 1. The number of esters is 1. The summed E-state index contributed by atoms with van der Waals surface area (Å²) in [4.78, 5) is 11.2. The van der Waals surface area contributed by atoms with Crippen LogP contribution in [0.1, 0.15) is 18.5 Å². The molecule has 9 heteroatoms. The highest BCUT2D eigenvalue weighted by Gasteiger charge is 2.35. The summed E-state index contributed by atoms with van der Waals surface area (Å²) in [5.41, 5.74) is 5.19. The van der Waals surface area contributed by atoms with Crippen molar-refractivity contribution in [2.45, 2.75) is 25.5 Å². The molecule has 0 fully saturated rings. The normalized spacial score (nSPS) is 13.8. The molecule has 0 amide bonds. The zero-order chi connectivity index (χ0) is 15.3. The molecule has 0 aromatic heterocycles. The van der Waals surface area contributed by atoms with Gasteiger partial charge < -0.3 is 15.2 Å². The number of ether oxygens (including phenoxy) is 2. The molecule has 0 aliphatic carbocycles. The topological polar surface area (TPSA) is 61.5 Å². The molecule has 21 heavy (non-hydrogen) atoms. The van der Waals surface area contributed by atoms with Crippen molar-refractivity contribution in [1.29, 1.82) is 0 Å². The van der Waals surface area contributed by atoms with Gasteiger partial charge in [-0.3, -0.25) is 0 Å². The largest absolute Gasteiger partial charge is 0.573 e. The molecule has 1 unspecified atom stereocenters. The number of hydrogen-bond acceptors (Lipinski definition) is 4. The minimum absolute atomic E-state index is 0. The SMILES string of the molecule is CCOC(=O)C(F)[C@@H](N)c1ccccc1OC(F)(F)F.Cl. The van der Waals surface area contributed by atoms with E-state index in [1.165, 1.54) is 19.1 Å². The first kappa shape index (κ1) is 19.5. The molecule has 4 nitrogen and oxygen atoms in total. The van der Waals surface area contributed by atoms with Gasteiger partial charge in [-0.25, -0.2) is 9.18 Å². The highest BCUT2D eigenvalue weighted by molar-refractivity contribution is 5.85. The molecular weight excluding hydrogens is 318 g/mol. The number of benzene rings is 1. The summed E-state index contributed by atoms with van der Waals surface area (Å²) in [7, 11) is 0. The fourth-order valence-corrected chi connectivity index (χ4v) is 1.50. The molecule has 2 N–H and O–H groups in total. The first-order chi connectivity index (χ1) is 9.26. The maximum absolute atomic E-state index is 13.7. The first-order valence-corrected chi connectivity index (χ1v) is 5.67. The van der Waals surface area contributed by atoms with Crippen LogP contribution < -0.4 is 10.5 Å². The van der Waals surface area contributed by atoms with E-state index in [9.17, 15) is 22.4 Å². The maximum Gasteiger partial charge on any atom is 0.573 e. The van der Waals surface area contributed by atoms with Crippen LogP contribution in [-0.4, -0.2) is 25.1 Å². The Morgan fingerprint density at radius 3 is 2.43 bits per heavy atom. The summed E-state index contributed by atoms with van der Waals surface area (Å²) in [5, 5.41) is 0. The van der Waals surface area contributed by atoms with Crippen LogP contribution in [0.3, 0.4) is 0 Å². The first-order valence-electron chi connectivity index (χ1n) is 5.67. The third kappa shape index (κ3) is 5.76. The van der Waals surface area contributed by atoms with Crippen LogP contribution in [0.25, 0.3) is 0 Å². The average Bonchev–Trinajstić information content (AvgIpc) is 2.36. The van der Waals surface area contributed by atoms with E-state index in [0.29, 0.717) is 0 Å². The smallest absolute Gasteiger partial charge is 0.464 e. The van der Waals surface area contributed by atoms with Crippen LogP contribution in [0.5, 0.6) is 5.75 Å². The zero-order valence-electron chi connectivity index (χ0n) is 10.9. The Hall–Kier alpha value is -1.54. The molecule has 0 heterocycles. The number of alkyl halides is 4. The standard InChI is InChI=1S/C12H13F4NO3.ClH/c1-2-19-11(18)9(13)10(17)7-5-3-4-6-8(7)20-12(14,15)16;/h3-6,9-10H,2,17H2,1H3;1H/t9?,10-;/m0./s1. The second-order valence-electron chi connectivity index (χ2n) is 3.77. The van der Waals surface area contributed by atoms with Crippen LogP contribution in [-0.2, 0) is 9.53 Å². The molecule has 2 atom stereocenters. The van der Waals surface area contributed by atoms with Gasteiger partial charge in [0.15, 0.2) is 0 Å². The number of rotatable bonds is 5. The van der Waals surface area contributed by atoms with Gasteiger partial charge in [0.05, 0.1) is 12.6 Å². The average molecular weight is 332 g/mol. The molecular formula is C12H14ClF4NO3. The highest BCUT2D eigenvalue weighted by Crippen LogP contribution is 2.31. The zero-order valence-corrected chi connectivity index (χ0v) is 11.7. The van der Waals surface area contributed by atoms with Gasteiger partial charge in [-0.05, 0) is 13.0 Å². The van der Waals surface area contributed by atoms with Crippen molar-refractivity contribution in [2.24, 2.45) is 5.73 Å². The van der Waals surface area contributed by atoms with Crippen LogP contribution in [0, 0.1) is 0 Å². The molecule has 0 spiro atoms. The third-order valence-corrected chi connectivity index (χ3v) is 2.33. The van der Waals surface area contributed by atoms with Crippen molar-refractivity contribution < 1.29 is 31.8 Å². The minimum atomic E-state index is -4.94. The number of nitrogens with two attached hydrogens (primary N) is 1. The van der Waals surface area contributed by atoms with E-state index < -0.39 is 30.3 Å². The molecule has 1 aromatic rings. The van der Waals surface area contributed by atoms with Gasteiger partial charge in [0, 0.05) is 5.56 Å². The summed E-state index contributed by atoms with van der Waals surface area (Å²) in [6.45, 7) is 1.41. The summed E-state index contributed by atoms with van der Waals surface area (Å²) in [6.07, 6.45) is -7.22. The second-order valence-corrected chi connectivity index (χ2v) is 3.77. The lowest BCUT2D eigenvalue weighted by molar-refractivity contribution is -0.275. The number of carbonyl (C=O) groups excluding carboxylic acids is 1. The summed E-state index contributed by atoms with van der Waals surface area (Å²) < 4.78 is 58.6. The quantitative estimate of drug-likeness (QED) is 0.665. The molecule has 1 rings (SSSR count). The van der Waals surface area contributed by atoms with Gasteiger partial charge in [-0.1, -0.05) is 18.2 Å². The van der Waals surface area contributed by atoms with Crippen molar-refractivity contribution in [2.75, 3.05) is 6.61 Å². The summed E-state index contributed by atoms with van der Waals surface area (Å²) in [6, 6.07) is 3.15. The van der Waals surface area contributed by atoms with Gasteiger partial charge in [0.2, 0.25) is 6.17 Å². The fourth-order valence-electron chi connectivity index (χ4n) is 1.50. The van der Waals surface area contributed by atoms with Crippen LogP contribution >= 0.6 is 12.4 Å². The van der Waals surface area contributed by atoms with Crippen molar-refractivity contribution in [3.63, 3.8) is 0 Å². The highest BCUT2D eigenvalue weighted by atomic mass is 35.5. The van der Waals surface area contributed by atoms with Crippen molar-refractivity contribution >= 4 is 18.4 Å². The van der Waals surface area contributed by atoms with E-state index in [1.807, 2.05) is 0 Å². The molecule has 1 aromatic carbocycles. The lowest BCUT2D eigenvalue weighted by Gasteiger charge is -2.19. The minimum Gasteiger partial charge on any atom is -0.464 e. The Morgan fingerprint density at radius 1 is 1.33 bits per heavy atom. The van der Waals surface area contributed by atoms with Crippen molar-refractivity contribution in [1.82, 2.24) is 0 Å². The lowest BCUT2D eigenvalue weighted by Crippen LogP contribution is -2.32.